The number of fused-ring (bicyclic) bond motifs is 4. The number of hydrogen-bond donors (Lipinski definition) is 0. The van der Waals surface area contributed by atoms with Crippen LogP contribution in [0.25, 0.3) is 31.6 Å². The van der Waals surface area contributed by atoms with Gasteiger partial charge in [-0.25, -0.2) is 4.98 Å². The van der Waals surface area contributed by atoms with Gasteiger partial charge in [-0.2, -0.15) is 0 Å². The van der Waals surface area contributed by atoms with Crippen molar-refractivity contribution in [3.05, 3.63) is 53.9 Å². The van der Waals surface area contributed by atoms with E-state index >= 15 is 0 Å². The Hall–Kier alpha value is -2.46. The van der Waals surface area contributed by atoms with Gasteiger partial charge in [-0.1, -0.05) is 51.0 Å². The molecule has 0 N–H and O–H groups in total. The SMILES string of the molecule is CCN(CC)c1ccc2nc3c4ccccc4/c(=N\CCCCC(C)C)cc-3sc2c1. The predicted molar refractivity (Wildman–Crippen MR) is 136 cm³/mol. The van der Waals surface area contributed by atoms with Crippen LogP contribution in [0, 0.1) is 5.92 Å². The maximum Gasteiger partial charge on any atom is 0.0889 e. The highest BCUT2D eigenvalue weighted by atomic mass is 32.1. The molecule has 0 atom stereocenters. The van der Waals surface area contributed by atoms with Gasteiger partial charge in [0.15, 0.2) is 0 Å². The van der Waals surface area contributed by atoms with Crippen molar-refractivity contribution in [2.24, 2.45) is 10.9 Å². The summed E-state index contributed by atoms with van der Waals surface area (Å²) in [5, 5.41) is 3.51. The number of hydrogen-bond acceptors (Lipinski definition) is 4. The van der Waals surface area contributed by atoms with Crippen LogP contribution < -0.4 is 10.3 Å². The van der Waals surface area contributed by atoms with Gasteiger partial charge in [0.2, 0.25) is 0 Å². The number of anilines is 1. The molecule has 3 nitrogen and oxygen atoms in total. The van der Waals surface area contributed by atoms with Crippen LogP contribution in [0.5, 0.6) is 0 Å². The fraction of sp³-hybridized carbons (Fsp3) is 0.407. The Labute approximate surface area is 189 Å². The van der Waals surface area contributed by atoms with Crippen LogP contribution in [0.4, 0.5) is 5.69 Å². The minimum Gasteiger partial charge on any atom is -0.372 e. The van der Waals surface area contributed by atoms with Gasteiger partial charge in [-0.3, -0.25) is 4.99 Å². The molecule has 0 saturated heterocycles. The van der Waals surface area contributed by atoms with Crippen LogP contribution in [0.15, 0.2) is 53.5 Å². The highest BCUT2D eigenvalue weighted by Gasteiger charge is 2.14. The molecule has 0 amide bonds. The first-order valence-electron chi connectivity index (χ1n) is 11.6. The van der Waals surface area contributed by atoms with E-state index in [4.69, 9.17) is 9.98 Å². The van der Waals surface area contributed by atoms with E-state index in [9.17, 15) is 0 Å². The van der Waals surface area contributed by atoms with Gasteiger partial charge in [0.25, 0.3) is 0 Å². The first-order valence-corrected chi connectivity index (χ1v) is 12.4. The molecule has 0 spiro atoms. The van der Waals surface area contributed by atoms with E-state index < -0.39 is 0 Å². The van der Waals surface area contributed by atoms with Crippen molar-refractivity contribution in [1.82, 2.24) is 4.98 Å². The molecular weight excluding hydrogens is 398 g/mol. The summed E-state index contributed by atoms with van der Waals surface area (Å²) in [5.74, 6) is 0.767. The molecule has 2 aliphatic rings. The van der Waals surface area contributed by atoms with Crippen LogP contribution >= 0.6 is 11.3 Å². The van der Waals surface area contributed by atoms with E-state index in [2.05, 4.69) is 81.1 Å². The third-order valence-electron chi connectivity index (χ3n) is 5.96. The van der Waals surface area contributed by atoms with Crippen LogP contribution in [0.2, 0.25) is 0 Å². The van der Waals surface area contributed by atoms with Crippen LogP contribution in [0.3, 0.4) is 0 Å². The lowest BCUT2D eigenvalue weighted by molar-refractivity contribution is 0.540. The average Bonchev–Trinajstić information content (AvgIpc) is 2.78. The van der Waals surface area contributed by atoms with Crippen LogP contribution in [0.1, 0.15) is 47.0 Å². The van der Waals surface area contributed by atoms with E-state index in [0.717, 1.165) is 48.5 Å². The van der Waals surface area contributed by atoms with Crippen molar-refractivity contribution < 1.29 is 0 Å². The Morgan fingerprint density at radius 2 is 1.74 bits per heavy atom. The fourth-order valence-corrected chi connectivity index (χ4v) is 5.26. The van der Waals surface area contributed by atoms with Crippen molar-refractivity contribution in [2.75, 3.05) is 24.5 Å². The van der Waals surface area contributed by atoms with Gasteiger partial charge in [0, 0.05) is 36.1 Å². The summed E-state index contributed by atoms with van der Waals surface area (Å²) >= 11 is 1.83. The Bertz CT molecular complexity index is 1200. The van der Waals surface area contributed by atoms with Crippen molar-refractivity contribution in [2.45, 2.75) is 47.0 Å². The number of aromatic nitrogens is 1. The van der Waals surface area contributed by atoms with Gasteiger partial charge in [-0.15, -0.1) is 11.3 Å². The molecule has 0 saturated carbocycles. The minimum absolute atomic E-state index is 0.767. The zero-order valence-electron chi connectivity index (χ0n) is 19.2. The number of benzene rings is 3. The first kappa shape index (κ1) is 21.8. The molecule has 0 fully saturated rings. The summed E-state index contributed by atoms with van der Waals surface area (Å²) in [6, 6.07) is 17.5. The number of unbranched alkanes of at least 4 members (excludes halogenated alkanes) is 1. The summed E-state index contributed by atoms with van der Waals surface area (Å²) < 4.78 is 1.23. The fourth-order valence-electron chi connectivity index (χ4n) is 4.21. The predicted octanol–water partition coefficient (Wildman–Crippen LogP) is 7.13. The van der Waals surface area contributed by atoms with E-state index in [-0.39, 0.29) is 0 Å². The molecule has 4 heteroatoms. The van der Waals surface area contributed by atoms with Gasteiger partial charge in [0.1, 0.15) is 0 Å². The van der Waals surface area contributed by atoms with Crippen molar-refractivity contribution >= 4 is 38.0 Å². The number of nitrogens with zero attached hydrogens (tertiary/aromatic N) is 3. The molecule has 2 aromatic rings. The molecule has 162 valence electrons. The monoisotopic (exact) mass is 431 g/mol. The van der Waals surface area contributed by atoms with E-state index in [0.29, 0.717) is 0 Å². The molecule has 31 heavy (non-hydrogen) atoms. The summed E-state index contributed by atoms with van der Waals surface area (Å²) in [4.78, 5) is 13.7. The lowest BCUT2D eigenvalue weighted by atomic mass is 10.1. The standard InChI is InChI=1S/C27H33N3S/c1-5-30(6-2)20-14-15-23-25(17-20)31-26-18-24(28-16-10-9-11-19(3)4)21-12-7-8-13-22(21)27(26)29-23/h7-8,12-15,17-19H,5-6,9-11,16H2,1-4H3/b28-24-. The second-order valence-corrected chi connectivity index (χ2v) is 9.68. The van der Waals surface area contributed by atoms with Crippen molar-refractivity contribution in [1.29, 1.82) is 0 Å². The van der Waals surface area contributed by atoms with E-state index in [1.54, 1.807) is 0 Å². The third kappa shape index (κ3) is 4.74. The maximum absolute atomic E-state index is 5.08. The zero-order chi connectivity index (χ0) is 21.8. The Balaban J connectivity index is 1.80. The van der Waals surface area contributed by atoms with Gasteiger partial charge in [0.05, 0.1) is 26.1 Å². The third-order valence-corrected chi connectivity index (χ3v) is 7.03. The minimum atomic E-state index is 0.767. The summed E-state index contributed by atoms with van der Waals surface area (Å²) in [7, 11) is 0. The highest BCUT2D eigenvalue weighted by molar-refractivity contribution is 7.21. The molecule has 0 aromatic heterocycles. The topological polar surface area (TPSA) is 28.5 Å². The molecule has 2 aromatic carbocycles. The smallest absolute Gasteiger partial charge is 0.0889 e. The molecule has 0 radical (unpaired) electrons. The zero-order valence-corrected chi connectivity index (χ0v) is 20.0. The molecule has 1 aliphatic carbocycles. The first-order chi connectivity index (χ1) is 15.1. The maximum atomic E-state index is 5.08. The van der Waals surface area contributed by atoms with E-state index in [1.807, 2.05) is 11.3 Å². The summed E-state index contributed by atoms with van der Waals surface area (Å²) in [6.45, 7) is 11.9. The van der Waals surface area contributed by atoms with Crippen LogP contribution in [-0.2, 0) is 0 Å². The largest absolute Gasteiger partial charge is 0.372 e. The summed E-state index contributed by atoms with van der Waals surface area (Å²) in [5.41, 5.74) is 3.42. The van der Waals surface area contributed by atoms with Crippen molar-refractivity contribution in [3.63, 3.8) is 0 Å². The Kier molecular flexibility index (Phi) is 6.86. The van der Waals surface area contributed by atoms with Crippen LogP contribution in [-0.4, -0.2) is 24.6 Å². The average molecular weight is 432 g/mol. The van der Waals surface area contributed by atoms with Gasteiger partial charge in [-0.05, 0) is 50.5 Å². The second kappa shape index (κ2) is 9.78. The lowest BCUT2D eigenvalue weighted by Crippen LogP contribution is -2.21. The molecular formula is C27H33N3S. The van der Waals surface area contributed by atoms with E-state index in [1.165, 1.54) is 38.9 Å². The molecule has 1 aliphatic heterocycles. The second-order valence-electron chi connectivity index (χ2n) is 8.60. The molecule has 0 unspecified atom stereocenters. The lowest BCUT2D eigenvalue weighted by Gasteiger charge is -2.21. The quantitative estimate of drug-likeness (QED) is 0.169. The summed E-state index contributed by atoms with van der Waals surface area (Å²) in [6.07, 6.45) is 3.67. The highest BCUT2D eigenvalue weighted by Crippen LogP contribution is 2.35. The molecule has 1 heterocycles. The molecule has 0 bridgehead atoms. The normalized spacial score (nSPS) is 12.5. The molecule has 4 rings (SSSR count). The van der Waals surface area contributed by atoms with Gasteiger partial charge >= 0.3 is 0 Å². The Morgan fingerprint density at radius 1 is 0.968 bits per heavy atom. The number of rotatable bonds is 8. The van der Waals surface area contributed by atoms with Gasteiger partial charge < -0.3 is 4.90 Å². The van der Waals surface area contributed by atoms with Crippen molar-refractivity contribution in [3.8, 4) is 10.6 Å². The Morgan fingerprint density at radius 3 is 2.48 bits per heavy atom.